The predicted octanol–water partition coefficient (Wildman–Crippen LogP) is 7.68. The van der Waals surface area contributed by atoms with E-state index in [0.717, 1.165) is 40.7 Å². The zero-order chi connectivity index (χ0) is 29.3. The fourth-order valence-electron chi connectivity index (χ4n) is 4.87. The Morgan fingerprint density at radius 2 is 1.38 bits per heavy atom. The van der Waals surface area contributed by atoms with Crippen LogP contribution in [0.4, 0.5) is 0 Å². The standard InChI is InChI=1S/C36H35NO5/c1-3-4-21-40-30-17-15-29(16-18-30)36(39)37-26(2)32(23-35(38)42-25-28-13-9-6-10-14-28)33-22-31(19-20-34(33)37)41-24-27-11-7-5-8-12-27/h5-20,22H,3-4,21,23-25H2,1-2H3. The van der Waals surface area contributed by atoms with Crippen molar-refractivity contribution in [2.45, 2.75) is 46.3 Å². The summed E-state index contributed by atoms with van der Waals surface area (Å²) in [6, 6.07) is 32.3. The maximum atomic E-state index is 13.8. The van der Waals surface area contributed by atoms with Crippen LogP contribution in [0.3, 0.4) is 0 Å². The van der Waals surface area contributed by atoms with Gasteiger partial charge in [0.25, 0.3) is 5.91 Å². The maximum absolute atomic E-state index is 13.8. The summed E-state index contributed by atoms with van der Waals surface area (Å²) >= 11 is 0. The summed E-state index contributed by atoms with van der Waals surface area (Å²) in [6.45, 7) is 5.22. The Kier molecular flexibility index (Phi) is 9.34. The number of hydrogen-bond donors (Lipinski definition) is 0. The average molecular weight is 562 g/mol. The molecule has 5 aromatic rings. The molecule has 0 atom stereocenters. The van der Waals surface area contributed by atoms with E-state index >= 15 is 0 Å². The lowest BCUT2D eigenvalue weighted by Gasteiger charge is -2.10. The third-order valence-corrected chi connectivity index (χ3v) is 7.19. The van der Waals surface area contributed by atoms with Crippen LogP contribution in [0.5, 0.6) is 11.5 Å². The van der Waals surface area contributed by atoms with Crippen molar-refractivity contribution < 1.29 is 23.8 Å². The number of esters is 1. The van der Waals surface area contributed by atoms with Crippen molar-refractivity contribution in [2.75, 3.05) is 6.61 Å². The van der Waals surface area contributed by atoms with Crippen molar-refractivity contribution >= 4 is 22.8 Å². The van der Waals surface area contributed by atoms with Gasteiger partial charge in [-0.1, -0.05) is 74.0 Å². The number of aromatic nitrogens is 1. The molecule has 0 spiro atoms. The van der Waals surface area contributed by atoms with Crippen LogP contribution in [-0.4, -0.2) is 23.1 Å². The Labute approximate surface area is 246 Å². The highest BCUT2D eigenvalue weighted by Gasteiger charge is 2.23. The molecule has 0 N–H and O–H groups in total. The van der Waals surface area contributed by atoms with E-state index in [-0.39, 0.29) is 24.9 Å². The summed E-state index contributed by atoms with van der Waals surface area (Å²) in [6.07, 6.45) is 2.06. The third kappa shape index (κ3) is 6.89. The van der Waals surface area contributed by atoms with Crippen LogP contribution in [0.1, 0.15) is 52.5 Å². The average Bonchev–Trinajstić information content (AvgIpc) is 3.30. The summed E-state index contributed by atoms with van der Waals surface area (Å²) in [7, 11) is 0. The molecule has 0 fully saturated rings. The second kappa shape index (κ2) is 13.7. The van der Waals surface area contributed by atoms with Gasteiger partial charge in [-0.05, 0) is 72.5 Å². The second-order valence-electron chi connectivity index (χ2n) is 10.2. The lowest BCUT2D eigenvalue weighted by Crippen LogP contribution is -2.14. The van der Waals surface area contributed by atoms with Gasteiger partial charge in [-0.15, -0.1) is 0 Å². The molecule has 1 heterocycles. The summed E-state index contributed by atoms with van der Waals surface area (Å²) < 4.78 is 19.1. The minimum atomic E-state index is -0.363. The summed E-state index contributed by atoms with van der Waals surface area (Å²) in [5, 5.41) is 0.780. The molecule has 0 saturated heterocycles. The lowest BCUT2D eigenvalue weighted by molar-refractivity contribution is -0.144. The molecule has 0 bridgehead atoms. The predicted molar refractivity (Wildman–Crippen MR) is 164 cm³/mol. The Balaban J connectivity index is 1.44. The molecule has 0 aliphatic rings. The summed E-state index contributed by atoms with van der Waals surface area (Å²) in [4.78, 5) is 26.8. The maximum Gasteiger partial charge on any atom is 0.310 e. The van der Waals surface area contributed by atoms with E-state index in [4.69, 9.17) is 14.2 Å². The number of rotatable bonds is 12. The van der Waals surface area contributed by atoms with Gasteiger partial charge in [0.1, 0.15) is 24.7 Å². The van der Waals surface area contributed by atoms with Gasteiger partial charge < -0.3 is 14.2 Å². The third-order valence-electron chi connectivity index (χ3n) is 7.19. The van der Waals surface area contributed by atoms with Gasteiger partial charge in [-0.3, -0.25) is 14.2 Å². The van der Waals surface area contributed by atoms with E-state index in [1.54, 1.807) is 16.7 Å². The number of unbranched alkanes of at least 4 members (excludes halogenated alkanes) is 1. The highest BCUT2D eigenvalue weighted by Crippen LogP contribution is 2.31. The van der Waals surface area contributed by atoms with Gasteiger partial charge in [-0.25, -0.2) is 0 Å². The summed E-state index contributed by atoms with van der Waals surface area (Å²) in [5.41, 5.74) is 4.63. The van der Waals surface area contributed by atoms with Crippen LogP contribution in [0.25, 0.3) is 10.9 Å². The Morgan fingerprint density at radius 1 is 0.738 bits per heavy atom. The van der Waals surface area contributed by atoms with Crippen LogP contribution in [0.15, 0.2) is 103 Å². The van der Waals surface area contributed by atoms with E-state index in [0.29, 0.717) is 35.7 Å². The van der Waals surface area contributed by atoms with Gasteiger partial charge in [-0.2, -0.15) is 0 Å². The first-order valence-corrected chi connectivity index (χ1v) is 14.3. The van der Waals surface area contributed by atoms with Crippen LogP contribution in [0, 0.1) is 6.92 Å². The number of ether oxygens (including phenoxy) is 3. The van der Waals surface area contributed by atoms with Gasteiger partial charge in [0.05, 0.1) is 18.5 Å². The number of carbonyl (C=O) groups excluding carboxylic acids is 2. The first kappa shape index (κ1) is 28.7. The van der Waals surface area contributed by atoms with Gasteiger partial charge in [0.2, 0.25) is 0 Å². The van der Waals surface area contributed by atoms with Crippen LogP contribution in [0.2, 0.25) is 0 Å². The molecule has 0 aliphatic heterocycles. The molecule has 0 aliphatic carbocycles. The van der Waals surface area contributed by atoms with E-state index in [1.807, 2.05) is 97.9 Å². The Morgan fingerprint density at radius 3 is 2.05 bits per heavy atom. The van der Waals surface area contributed by atoms with Crippen molar-refractivity contribution in [3.05, 3.63) is 131 Å². The van der Waals surface area contributed by atoms with Crippen molar-refractivity contribution in [3.8, 4) is 11.5 Å². The van der Waals surface area contributed by atoms with Crippen molar-refractivity contribution in [1.29, 1.82) is 0 Å². The fourth-order valence-corrected chi connectivity index (χ4v) is 4.87. The van der Waals surface area contributed by atoms with Gasteiger partial charge >= 0.3 is 5.97 Å². The molecule has 1 aromatic heterocycles. The Bertz CT molecular complexity index is 1640. The van der Waals surface area contributed by atoms with Crippen LogP contribution >= 0.6 is 0 Å². The largest absolute Gasteiger partial charge is 0.494 e. The molecule has 6 nitrogen and oxygen atoms in total. The quantitative estimate of drug-likeness (QED) is 0.115. The number of benzene rings is 4. The molecule has 0 radical (unpaired) electrons. The minimum Gasteiger partial charge on any atom is -0.494 e. The zero-order valence-electron chi connectivity index (χ0n) is 24.0. The molecule has 0 amide bonds. The minimum absolute atomic E-state index is 0.0296. The Hall–Kier alpha value is -4.84. The number of hydrogen-bond acceptors (Lipinski definition) is 5. The second-order valence-corrected chi connectivity index (χ2v) is 10.2. The first-order valence-electron chi connectivity index (χ1n) is 14.3. The molecular weight excluding hydrogens is 526 g/mol. The first-order chi connectivity index (χ1) is 20.5. The van der Waals surface area contributed by atoms with Crippen molar-refractivity contribution in [2.24, 2.45) is 0 Å². The smallest absolute Gasteiger partial charge is 0.310 e. The molecule has 5 rings (SSSR count). The highest BCUT2D eigenvalue weighted by atomic mass is 16.5. The van der Waals surface area contributed by atoms with Crippen LogP contribution in [-0.2, 0) is 29.2 Å². The highest BCUT2D eigenvalue weighted by molar-refractivity contribution is 6.05. The van der Waals surface area contributed by atoms with Gasteiger partial charge in [0.15, 0.2) is 0 Å². The van der Waals surface area contributed by atoms with Crippen molar-refractivity contribution in [1.82, 2.24) is 4.57 Å². The van der Waals surface area contributed by atoms with E-state index in [2.05, 4.69) is 6.92 Å². The molecule has 0 unspecified atom stereocenters. The molecule has 6 heteroatoms. The topological polar surface area (TPSA) is 66.8 Å². The molecule has 0 saturated carbocycles. The SMILES string of the molecule is CCCCOc1ccc(C(=O)n2c(C)c(CC(=O)OCc3ccccc3)c3cc(OCc4ccccc4)ccc32)cc1. The fraction of sp³-hybridized carbons (Fsp3) is 0.222. The van der Waals surface area contributed by atoms with E-state index < -0.39 is 0 Å². The molecule has 214 valence electrons. The van der Waals surface area contributed by atoms with Crippen molar-refractivity contribution in [3.63, 3.8) is 0 Å². The number of carbonyl (C=O) groups is 2. The molecule has 4 aromatic carbocycles. The van der Waals surface area contributed by atoms with E-state index in [9.17, 15) is 9.59 Å². The number of fused-ring (bicyclic) bond motifs is 1. The van der Waals surface area contributed by atoms with Crippen LogP contribution < -0.4 is 9.47 Å². The molecular formula is C36H35NO5. The monoisotopic (exact) mass is 561 g/mol. The lowest BCUT2D eigenvalue weighted by atomic mass is 10.1. The van der Waals surface area contributed by atoms with E-state index in [1.165, 1.54) is 0 Å². The zero-order valence-corrected chi connectivity index (χ0v) is 24.0. The van der Waals surface area contributed by atoms with Gasteiger partial charge in [0, 0.05) is 16.6 Å². The summed E-state index contributed by atoms with van der Waals surface area (Å²) in [5.74, 6) is 0.844. The normalized spacial score (nSPS) is 10.9. The number of nitrogens with zero attached hydrogens (tertiary/aromatic N) is 1. The molecule has 42 heavy (non-hydrogen) atoms.